The van der Waals surface area contributed by atoms with Crippen LogP contribution in [0.1, 0.15) is 69.7 Å². The van der Waals surface area contributed by atoms with E-state index in [2.05, 4.69) is 0 Å². The number of hydrogen-bond acceptors (Lipinski definition) is 12. The van der Waals surface area contributed by atoms with Gasteiger partial charge in [0.2, 0.25) is 0 Å². The average molecular weight is 686 g/mol. The Hall–Kier alpha value is -2.79. The fourth-order valence-electron chi connectivity index (χ4n) is 5.76. The van der Waals surface area contributed by atoms with Crippen LogP contribution in [0.2, 0.25) is 0 Å². The molecular formula is C31H48N7NaO9. The van der Waals surface area contributed by atoms with Crippen LogP contribution in [0.4, 0.5) is 5.69 Å². The van der Waals surface area contributed by atoms with E-state index in [-0.39, 0.29) is 94.6 Å². The second kappa shape index (κ2) is 22.8. The molecule has 16 nitrogen and oxygen atoms in total. The zero-order valence-electron chi connectivity index (χ0n) is 29.0. The van der Waals surface area contributed by atoms with E-state index in [1.807, 2.05) is 56.6 Å². The SMILES string of the molecule is CCC(=O)[C@@H]1C[C@@H](O)CN1C.CCC(=O)[C@@H]1C[C@H](O)CN1C.CCC(=O)[C@@H]1C[C@H](OC(=O)c2ccc([N+](=O)[O-])cc2)CN1C.[N-]=[N+]=[N-].[Na+]. The molecule has 3 heterocycles. The van der Waals surface area contributed by atoms with Crippen LogP contribution in [0.15, 0.2) is 24.3 Å². The minimum atomic E-state index is -0.530. The van der Waals surface area contributed by atoms with E-state index in [4.69, 9.17) is 15.8 Å². The number of esters is 1. The number of carbonyl (C=O) groups excluding carboxylic acids is 4. The molecule has 2 N–H and O–H groups in total. The van der Waals surface area contributed by atoms with Crippen LogP contribution >= 0.6 is 0 Å². The Balaban J connectivity index is 0.000000716. The Labute approximate surface area is 303 Å². The summed E-state index contributed by atoms with van der Waals surface area (Å²) in [6, 6.07) is 4.99. The van der Waals surface area contributed by atoms with Crippen LogP contribution in [0.5, 0.6) is 0 Å². The van der Waals surface area contributed by atoms with Crippen LogP contribution in [0, 0.1) is 10.1 Å². The maximum Gasteiger partial charge on any atom is 1.00 e. The van der Waals surface area contributed by atoms with Crippen molar-refractivity contribution in [2.24, 2.45) is 0 Å². The number of nitrogens with zero attached hydrogens (tertiary/aromatic N) is 7. The average Bonchev–Trinajstić information content (AvgIpc) is 3.70. The minimum absolute atomic E-state index is 0. The molecule has 0 saturated carbocycles. The van der Waals surface area contributed by atoms with Gasteiger partial charge in [-0.15, -0.1) is 0 Å². The van der Waals surface area contributed by atoms with E-state index < -0.39 is 10.9 Å². The van der Waals surface area contributed by atoms with Gasteiger partial charge in [-0.2, -0.15) is 0 Å². The van der Waals surface area contributed by atoms with E-state index >= 15 is 0 Å². The molecule has 17 heteroatoms. The molecule has 0 aliphatic carbocycles. The molecule has 3 aliphatic rings. The van der Waals surface area contributed by atoms with Gasteiger partial charge in [-0.1, -0.05) is 20.8 Å². The first kappa shape index (κ1) is 45.2. The van der Waals surface area contributed by atoms with Crippen molar-refractivity contribution in [3.8, 4) is 0 Å². The summed E-state index contributed by atoms with van der Waals surface area (Å²) in [7, 11) is 5.60. The van der Waals surface area contributed by atoms with Gasteiger partial charge >= 0.3 is 35.5 Å². The molecule has 0 bridgehead atoms. The monoisotopic (exact) mass is 685 g/mol. The number of hydrogen-bond donors (Lipinski definition) is 2. The Morgan fingerprint density at radius 1 is 0.792 bits per heavy atom. The number of likely N-dealkylation sites (N-methyl/N-ethyl adjacent to an activating group) is 3. The standard InChI is InChI=1S/C15H18N2O5.2C8H15NO2.N3.Na/c1-3-14(18)13-8-12(9-16(13)2)22-15(19)10-4-6-11(7-5-10)17(20)21;2*1-3-8(11)7-4-6(10)5-9(7)2;1-3-2;/h4-7,12-13H,3,8-9H2,1-2H3;2*6-7,10H,3-5H2,1-2H3;;/q;;;-1;+1/t12-,13-;6-,7+;6-,7-;;/m010../s1. The second-order valence-corrected chi connectivity index (χ2v) is 11.8. The molecule has 0 radical (unpaired) electrons. The second-order valence-electron chi connectivity index (χ2n) is 11.8. The summed E-state index contributed by atoms with van der Waals surface area (Å²) >= 11 is 0. The van der Waals surface area contributed by atoms with E-state index in [1.54, 1.807) is 0 Å². The minimum Gasteiger partial charge on any atom is -0.457 e. The van der Waals surface area contributed by atoms with E-state index in [0.717, 1.165) is 0 Å². The predicted molar refractivity (Wildman–Crippen MR) is 173 cm³/mol. The predicted octanol–water partition coefficient (Wildman–Crippen LogP) is -0.265. The number of ether oxygens (including phenoxy) is 1. The number of β-amino-alcohol motifs (C(OH)–C–C–N with tert-alkyl or cyclic N) is 2. The van der Waals surface area contributed by atoms with Gasteiger partial charge in [0.1, 0.15) is 23.5 Å². The normalized spacial score (nSPS) is 25.0. The first-order valence-corrected chi connectivity index (χ1v) is 15.6. The number of nitro benzene ring substituents is 1. The molecule has 4 rings (SSSR count). The summed E-state index contributed by atoms with van der Waals surface area (Å²) in [6.45, 7) is 7.32. The van der Waals surface area contributed by atoms with Crippen LogP contribution in [0.3, 0.4) is 0 Å². The van der Waals surface area contributed by atoms with Gasteiger partial charge in [-0.3, -0.25) is 44.1 Å². The van der Waals surface area contributed by atoms with Gasteiger partial charge in [0.25, 0.3) is 5.69 Å². The number of non-ortho nitro benzene ring substituents is 1. The fraction of sp³-hybridized carbons (Fsp3) is 0.677. The van der Waals surface area contributed by atoms with Crippen molar-refractivity contribution in [3.05, 3.63) is 55.9 Å². The van der Waals surface area contributed by atoms with Crippen molar-refractivity contribution in [2.45, 2.75) is 95.7 Å². The number of aliphatic hydroxyl groups is 2. The molecule has 3 fully saturated rings. The topological polar surface area (TPSA) is 230 Å². The molecule has 3 saturated heterocycles. The summed E-state index contributed by atoms with van der Waals surface area (Å²) in [6.07, 6.45) is 2.37. The number of Topliss-reactive ketones (excluding diaryl/α,β-unsaturated/α-hetero) is 3. The third-order valence-corrected chi connectivity index (χ3v) is 8.31. The molecular weight excluding hydrogens is 637 g/mol. The van der Waals surface area contributed by atoms with Crippen molar-refractivity contribution >= 4 is 29.0 Å². The van der Waals surface area contributed by atoms with E-state index in [1.165, 1.54) is 29.2 Å². The zero-order chi connectivity index (χ0) is 35.8. The van der Waals surface area contributed by atoms with Crippen molar-refractivity contribution < 1.29 is 68.6 Å². The summed E-state index contributed by atoms with van der Waals surface area (Å²) in [4.78, 5) is 63.5. The molecule has 3 aliphatic heterocycles. The maximum absolute atomic E-state index is 12.0. The molecule has 262 valence electrons. The third kappa shape index (κ3) is 14.4. The molecule has 0 amide bonds. The number of benzene rings is 1. The number of aliphatic hydroxyl groups excluding tert-OH is 2. The van der Waals surface area contributed by atoms with Crippen LogP contribution in [-0.2, 0) is 19.1 Å². The van der Waals surface area contributed by atoms with Crippen LogP contribution in [0.25, 0.3) is 16.0 Å². The van der Waals surface area contributed by atoms with Gasteiger partial charge in [0.05, 0.1) is 40.8 Å². The molecule has 0 unspecified atom stereocenters. The first-order valence-electron chi connectivity index (χ1n) is 15.6. The zero-order valence-corrected chi connectivity index (χ0v) is 31.0. The number of rotatable bonds is 9. The Morgan fingerprint density at radius 3 is 1.46 bits per heavy atom. The fourth-order valence-corrected chi connectivity index (χ4v) is 5.76. The third-order valence-electron chi connectivity index (χ3n) is 8.31. The van der Waals surface area contributed by atoms with Crippen molar-refractivity contribution in [3.63, 3.8) is 0 Å². The number of carbonyl (C=O) groups is 4. The summed E-state index contributed by atoms with van der Waals surface area (Å²) in [5.41, 5.74) is 13.7. The van der Waals surface area contributed by atoms with Gasteiger partial charge in [0, 0.05) is 57.5 Å². The van der Waals surface area contributed by atoms with Crippen LogP contribution < -0.4 is 29.6 Å². The molecule has 6 atom stereocenters. The molecule has 48 heavy (non-hydrogen) atoms. The Morgan fingerprint density at radius 2 is 1.15 bits per heavy atom. The van der Waals surface area contributed by atoms with Gasteiger partial charge in [-0.25, -0.2) is 4.79 Å². The Kier molecular flexibility index (Phi) is 21.4. The molecule has 0 spiro atoms. The van der Waals surface area contributed by atoms with E-state index in [9.17, 15) is 39.5 Å². The number of nitro groups is 1. The number of likely N-dealkylation sites (tertiary alicyclic amines) is 3. The van der Waals surface area contributed by atoms with Crippen molar-refractivity contribution in [2.75, 3.05) is 40.8 Å². The first-order chi connectivity index (χ1) is 22.1. The quantitative estimate of drug-likeness (QED) is 0.0651. The summed E-state index contributed by atoms with van der Waals surface area (Å²) in [5, 5.41) is 29.0. The smallest absolute Gasteiger partial charge is 0.457 e. The number of ketones is 3. The molecule has 1 aromatic rings. The molecule has 1 aromatic carbocycles. The van der Waals surface area contributed by atoms with Gasteiger partial charge < -0.3 is 26.0 Å². The summed E-state index contributed by atoms with van der Waals surface area (Å²) in [5.74, 6) is 0.0855. The van der Waals surface area contributed by atoms with E-state index in [0.29, 0.717) is 58.2 Å². The van der Waals surface area contributed by atoms with Crippen molar-refractivity contribution in [1.29, 1.82) is 0 Å². The van der Waals surface area contributed by atoms with Crippen LogP contribution in [-0.4, -0.2) is 130 Å². The van der Waals surface area contributed by atoms with Gasteiger partial charge in [0.15, 0.2) is 0 Å². The largest absolute Gasteiger partial charge is 1.00 e. The van der Waals surface area contributed by atoms with Crippen molar-refractivity contribution in [1.82, 2.24) is 14.7 Å². The molecule has 0 aromatic heterocycles. The Bertz CT molecular complexity index is 1210. The maximum atomic E-state index is 12.0. The summed E-state index contributed by atoms with van der Waals surface area (Å²) < 4.78 is 5.39. The van der Waals surface area contributed by atoms with Gasteiger partial charge in [-0.05, 0) is 46.1 Å².